The molecule has 0 aromatic heterocycles. The Balaban J connectivity index is 2.30. The average molecular weight is 257 g/mol. The summed E-state index contributed by atoms with van der Waals surface area (Å²) >= 11 is 0. The molecule has 0 aliphatic heterocycles. The molecule has 1 N–H and O–H groups in total. The summed E-state index contributed by atoms with van der Waals surface area (Å²) in [4.78, 5) is 0. The zero-order valence-corrected chi connectivity index (χ0v) is 11.5. The number of hydrogen-bond acceptors (Lipinski definition) is 1. The van der Waals surface area contributed by atoms with Gasteiger partial charge in [0.15, 0.2) is 0 Å². The molecule has 0 saturated carbocycles. The lowest BCUT2D eigenvalue weighted by atomic mass is 9.98. The van der Waals surface area contributed by atoms with Gasteiger partial charge in [0.2, 0.25) is 0 Å². The van der Waals surface area contributed by atoms with Gasteiger partial charge < -0.3 is 5.32 Å². The Labute approximate surface area is 114 Å². The van der Waals surface area contributed by atoms with Crippen molar-refractivity contribution in [3.8, 4) is 11.1 Å². The minimum atomic E-state index is -0.195. The van der Waals surface area contributed by atoms with Gasteiger partial charge in [0.05, 0.1) is 0 Å². The van der Waals surface area contributed by atoms with E-state index in [1.165, 1.54) is 17.7 Å². The molecule has 0 fully saturated rings. The van der Waals surface area contributed by atoms with Gasteiger partial charge in [0.25, 0.3) is 0 Å². The van der Waals surface area contributed by atoms with E-state index in [1.807, 2.05) is 12.1 Å². The van der Waals surface area contributed by atoms with Crippen LogP contribution in [0.5, 0.6) is 0 Å². The molecule has 0 saturated heterocycles. The second-order valence-corrected chi connectivity index (χ2v) is 4.65. The lowest BCUT2D eigenvalue weighted by molar-refractivity contribution is 0.537. The van der Waals surface area contributed by atoms with Crippen molar-refractivity contribution in [1.82, 2.24) is 5.32 Å². The van der Waals surface area contributed by atoms with Crippen molar-refractivity contribution < 1.29 is 4.39 Å². The van der Waals surface area contributed by atoms with Crippen molar-refractivity contribution in [2.75, 3.05) is 6.54 Å². The Hall–Kier alpha value is -1.67. The number of nitrogens with one attached hydrogen (secondary N) is 1. The summed E-state index contributed by atoms with van der Waals surface area (Å²) < 4.78 is 13.0. The first-order chi connectivity index (χ1) is 9.24. The fourth-order valence-corrected chi connectivity index (χ4v) is 2.32. The first kappa shape index (κ1) is 13.8. The monoisotopic (exact) mass is 257 g/mol. The van der Waals surface area contributed by atoms with E-state index in [0.717, 1.165) is 24.1 Å². The summed E-state index contributed by atoms with van der Waals surface area (Å²) in [6.45, 7) is 5.25. The van der Waals surface area contributed by atoms with E-state index < -0.39 is 0 Å². The molecular formula is C17H20FN. The van der Waals surface area contributed by atoms with Gasteiger partial charge in [0.1, 0.15) is 5.82 Å². The second kappa shape index (κ2) is 6.48. The first-order valence-electron chi connectivity index (χ1n) is 6.84. The summed E-state index contributed by atoms with van der Waals surface area (Å²) in [6, 6.07) is 15.5. The molecule has 1 nitrogen and oxygen atoms in total. The highest BCUT2D eigenvalue weighted by Gasteiger charge is 2.08. The van der Waals surface area contributed by atoms with Crippen LogP contribution in [-0.4, -0.2) is 6.54 Å². The minimum Gasteiger partial charge on any atom is -0.310 e. The van der Waals surface area contributed by atoms with Crippen LogP contribution in [-0.2, 0) is 0 Å². The Morgan fingerprint density at radius 3 is 2.37 bits per heavy atom. The molecule has 2 rings (SSSR count). The van der Waals surface area contributed by atoms with Gasteiger partial charge >= 0.3 is 0 Å². The van der Waals surface area contributed by atoms with E-state index in [1.54, 1.807) is 0 Å². The summed E-state index contributed by atoms with van der Waals surface area (Å²) in [7, 11) is 0. The molecule has 0 aliphatic rings. The van der Waals surface area contributed by atoms with Crippen LogP contribution in [0.2, 0.25) is 0 Å². The van der Waals surface area contributed by atoms with Crippen LogP contribution in [0.15, 0.2) is 48.5 Å². The van der Waals surface area contributed by atoms with E-state index in [0.29, 0.717) is 6.04 Å². The molecule has 0 aliphatic carbocycles. The molecule has 0 radical (unpaired) electrons. The Kier molecular flexibility index (Phi) is 4.69. The summed E-state index contributed by atoms with van der Waals surface area (Å²) in [5.41, 5.74) is 3.47. The molecule has 0 amide bonds. The second-order valence-electron chi connectivity index (χ2n) is 4.65. The zero-order chi connectivity index (χ0) is 13.7. The third-order valence-electron chi connectivity index (χ3n) is 3.33. The highest BCUT2D eigenvalue weighted by molar-refractivity contribution is 5.64. The van der Waals surface area contributed by atoms with Crippen LogP contribution in [0.25, 0.3) is 11.1 Å². The molecule has 0 bridgehead atoms. The summed E-state index contributed by atoms with van der Waals surface area (Å²) in [5.74, 6) is -0.195. The van der Waals surface area contributed by atoms with E-state index in [-0.39, 0.29) is 5.82 Å². The van der Waals surface area contributed by atoms with Crippen LogP contribution in [0.1, 0.15) is 31.9 Å². The average Bonchev–Trinajstić information content (AvgIpc) is 2.45. The van der Waals surface area contributed by atoms with E-state index in [2.05, 4.69) is 43.4 Å². The van der Waals surface area contributed by atoms with Crippen molar-refractivity contribution in [2.24, 2.45) is 0 Å². The van der Waals surface area contributed by atoms with Crippen LogP contribution in [0.3, 0.4) is 0 Å². The van der Waals surface area contributed by atoms with E-state index in [9.17, 15) is 4.39 Å². The normalized spacial score (nSPS) is 12.4. The Bertz CT molecular complexity index is 519. The Morgan fingerprint density at radius 2 is 1.74 bits per heavy atom. The lowest BCUT2D eigenvalue weighted by Gasteiger charge is -2.17. The first-order valence-corrected chi connectivity index (χ1v) is 6.84. The minimum absolute atomic E-state index is 0.195. The molecule has 0 heterocycles. The molecule has 2 aromatic rings. The standard InChI is InChI=1S/C17H20FN/c1-3-17(19-4-2)15-7-5-6-14(12-15)13-8-10-16(18)11-9-13/h5-12,17,19H,3-4H2,1-2H3. The lowest BCUT2D eigenvalue weighted by Crippen LogP contribution is -2.19. The van der Waals surface area contributed by atoms with Crippen LogP contribution >= 0.6 is 0 Å². The summed E-state index contributed by atoms with van der Waals surface area (Å²) in [6.07, 6.45) is 1.06. The van der Waals surface area contributed by atoms with Gasteiger partial charge in [-0.15, -0.1) is 0 Å². The third-order valence-corrected chi connectivity index (χ3v) is 3.33. The van der Waals surface area contributed by atoms with Crippen molar-refractivity contribution in [3.05, 3.63) is 59.9 Å². The maximum atomic E-state index is 13.0. The van der Waals surface area contributed by atoms with Crippen molar-refractivity contribution >= 4 is 0 Å². The predicted molar refractivity (Wildman–Crippen MR) is 78.5 cm³/mol. The van der Waals surface area contributed by atoms with Crippen molar-refractivity contribution in [1.29, 1.82) is 0 Å². The van der Waals surface area contributed by atoms with Crippen molar-refractivity contribution in [3.63, 3.8) is 0 Å². The van der Waals surface area contributed by atoms with Crippen LogP contribution in [0.4, 0.5) is 4.39 Å². The van der Waals surface area contributed by atoms with Crippen LogP contribution in [0, 0.1) is 5.82 Å². The van der Waals surface area contributed by atoms with Gasteiger partial charge in [-0.05, 0) is 47.9 Å². The number of benzene rings is 2. The molecule has 1 atom stereocenters. The molecular weight excluding hydrogens is 237 g/mol. The van der Waals surface area contributed by atoms with E-state index in [4.69, 9.17) is 0 Å². The molecule has 0 spiro atoms. The topological polar surface area (TPSA) is 12.0 Å². The fraction of sp³-hybridized carbons (Fsp3) is 0.294. The maximum absolute atomic E-state index is 13.0. The molecule has 1 unspecified atom stereocenters. The smallest absolute Gasteiger partial charge is 0.123 e. The van der Waals surface area contributed by atoms with Gasteiger partial charge in [0, 0.05) is 6.04 Å². The maximum Gasteiger partial charge on any atom is 0.123 e. The predicted octanol–water partition coefficient (Wildman–Crippen LogP) is 4.55. The molecule has 2 heteroatoms. The number of hydrogen-bond donors (Lipinski definition) is 1. The van der Waals surface area contributed by atoms with Gasteiger partial charge in [-0.2, -0.15) is 0 Å². The fourth-order valence-electron chi connectivity index (χ4n) is 2.32. The highest BCUT2D eigenvalue weighted by Crippen LogP contribution is 2.24. The zero-order valence-electron chi connectivity index (χ0n) is 11.5. The third kappa shape index (κ3) is 3.42. The summed E-state index contributed by atoms with van der Waals surface area (Å²) in [5, 5.41) is 3.48. The Morgan fingerprint density at radius 1 is 1.00 bits per heavy atom. The van der Waals surface area contributed by atoms with Crippen LogP contribution < -0.4 is 5.32 Å². The highest BCUT2D eigenvalue weighted by atomic mass is 19.1. The van der Waals surface area contributed by atoms with Gasteiger partial charge in [-0.1, -0.05) is 44.2 Å². The SMILES string of the molecule is CCNC(CC)c1cccc(-c2ccc(F)cc2)c1. The molecule has 100 valence electrons. The van der Waals surface area contributed by atoms with Gasteiger partial charge in [-0.25, -0.2) is 4.39 Å². The van der Waals surface area contributed by atoms with Crippen molar-refractivity contribution in [2.45, 2.75) is 26.3 Å². The quantitative estimate of drug-likeness (QED) is 0.828. The van der Waals surface area contributed by atoms with E-state index >= 15 is 0 Å². The molecule has 19 heavy (non-hydrogen) atoms. The number of halogens is 1. The largest absolute Gasteiger partial charge is 0.310 e. The molecule has 2 aromatic carbocycles. The van der Waals surface area contributed by atoms with Gasteiger partial charge in [-0.3, -0.25) is 0 Å². The number of rotatable bonds is 5.